The number of nitrogens with zero attached hydrogens (tertiary/aromatic N) is 3. The molecule has 2 aromatic carbocycles. The van der Waals surface area contributed by atoms with Gasteiger partial charge in [0.2, 0.25) is 11.7 Å². The Bertz CT molecular complexity index is 913. The van der Waals surface area contributed by atoms with Crippen LogP contribution in [0.3, 0.4) is 0 Å². The zero-order valence-corrected chi connectivity index (χ0v) is 19.3. The van der Waals surface area contributed by atoms with Crippen molar-refractivity contribution in [2.24, 2.45) is 4.99 Å². The Morgan fingerprint density at radius 2 is 1.83 bits per heavy atom. The Morgan fingerprint density at radius 3 is 2.48 bits per heavy atom. The van der Waals surface area contributed by atoms with Gasteiger partial charge in [-0.2, -0.15) is 4.98 Å². The van der Waals surface area contributed by atoms with E-state index in [9.17, 15) is 0 Å². The molecule has 1 aromatic heterocycles. The predicted octanol–water partition coefficient (Wildman–Crippen LogP) is 3.92. The lowest BCUT2D eigenvalue weighted by Crippen LogP contribution is -2.37. The van der Waals surface area contributed by atoms with Crippen molar-refractivity contribution < 1.29 is 9.26 Å². The molecule has 0 saturated carbocycles. The summed E-state index contributed by atoms with van der Waals surface area (Å²) in [6.07, 6.45) is 0.587. The molecule has 0 aliphatic heterocycles. The van der Waals surface area contributed by atoms with Crippen LogP contribution < -0.4 is 15.4 Å². The van der Waals surface area contributed by atoms with Crippen LogP contribution in [0, 0.1) is 0 Å². The summed E-state index contributed by atoms with van der Waals surface area (Å²) in [6, 6.07) is 15.2. The summed E-state index contributed by atoms with van der Waals surface area (Å²) in [5.74, 6) is 2.65. The molecule has 0 amide bonds. The quantitative estimate of drug-likeness (QED) is 0.275. The van der Waals surface area contributed by atoms with Gasteiger partial charge in [0.05, 0.1) is 7.11 Å². The van der Waals surface area contributed by atoms with Crippen molar-refractivity contribution in [2.45, 2.75) is 13.0 Å². The van der Waals surface area contributed by atoms with Crippen LogP contribution in [0.5, 0.6) is 5.75 Å². The average molecular weight is 528 g/mol. The number of hydrogen-bond donors (Lipinski definition) is 2. The smallest absolute Gasteiger partial charge is 0.228 e. The number of ether oxygens (including phenoxy) is 1. The Morgan fingerprint density at radius 1 is 1.10 bits per heavy atom. The number of rotatable bonds is 7. The molecule has 0 radical (unpaired) electrons. The molecule has 0 spiro atoms. The first-order valence-electron chi connectivity index (χ1n) is 8.84. The van der Waals surface area contributed by atoms with E-state index in [0.29, 0.717) is 42.2 Å². The minimum absolute atomic E-state index is 0. The lowest BCUT2D eigenvalue weighted by Gasteiger charge is -2.11. The molecule has 7 nitrogen and oxygen atoms in total. The van der Waals surface area contributed by atoms with Gasteiger partial charge < -0.3 is 19.9 Å². The lowest BCUT2D eigenvalue weighted by molar-refractivity contribution is 0.378. The molecule has 0 aliphatic carbocycles. The van der Waals surface area contributed by atoms with Crippen molar-refractivity contribution in [1.82, 2.24) is 20.8 Å². The predicted molar refractivity (Wildman–Crippen MR) is 125 cm³/mol. The number of aromatic nitrogens is 2. The second-order valence-electron chi connectivity index (χ2n) is 5.97. The van der Waals surface area contributed by atoms with Crippen molar-refractivity contribution in [3.63, 3.8) is 0 Å². The maximum Gasteiger partial charge on any atom is 0.228 e. The molecule has 3 aromatic rings. The molecule has 0 atom stereocenters. The van der Waals surface area contributed by atoms with Crippen molar-refractivity contribution >= 4 is 41.5 Å². The van der Waals surface area contributed by atoms with Gasteiger partial charge in [-0.15, -0.1) is 24.0 Å². The van der Waals surface area contributed by atoms with Gasteiger partial charge in [0.15, 0.2) is 5.96 Å². The second-order valence-corrected chi connectivity index (χ2v) is 6.41. The zero-order chi connectivity index (χ0) is 19.8. The highest BCUT2D eigenvalue weighted by atomic mass is 127. The van der Waals surface area contributed by atoms with Gasteiger partial charge in [0.25, 0.3) is 0 Å². The number of hydrogen-bond acceptors (Lipinski definition) is 5. The molecular weight excluding hydrogens is 505 g/mol. The largest absolute Gasteiger partial charge is 0.497 e. The highest BCUT2D eigenvalue weighted by Gasteiger charge is 2.09. The fraction of sp³-hybridized carbons (Fsp3) is 0.250. The zero-order valence-electron chi connectivity index (χ0n) is 16.2. The molecule has 29 heavy (non-hydrogen) atoms. The van der Waals surface area contributed by atoms with Gasteiger partial charge >= 0.3 is 0 Å². The molecule has 2 N–H and O–H groups in total. The minimum Gasteiger partial charge on any atom is -0.497 e. The first-order valence-corrected chi connectivity index (χ1v) is 9.21. The summed E-state index contributed by atoms with van der Waals surface area (Å²) in [5, 5.41) is 11.2. The average Bonchev–Trinajstić information content (AvgIpc) is 3.20. The molecule has 0 saturated heterocycles. The fourth-order valence-corrected chi connectivity index (χ4v) is 2.64. The third-order valence-electron chi connectivity index (χ3n) is 4.04. The topological polar surface area (TPSA) is 84.6 Å². The van der Waals surface area contributed by atoms with E-state index in [-0.39, 0.29) is 24.0 Å². The van der Waals surface area contributed by atoms with Gasteiger partial charge in [-0.1, -0.05) is 28.9 Å². The molecule has 9 heteroatoms. The van der Waals surface area contributed by atoms with Gasteiger partial charge in [-0.3, -0.25) is 4.99 Å². The number of methoxy groups -OCH3 is 1. The SMILES string of the molecule is CN=C(NCCc1nc(-c2ccc(Cl)cc2)no1)NCc1ccc(OC)cc1.I. The van der Waals surface area contributed by atoms with E-state index in [1.54, 1.807) is 26.3 Å². The summed E-state index contributed by atoms with van der Waals surface area (Å²) in [5.41, 5.74) is 2.00. The van der Waals surface area contributed by atoms with Crippen LogP contribution in [0.1, 0.15) is 11.5 Å². The van der Waals surface area contributed by atoms with Gasteiger partial charge in [-0.25, -0.2) is 0 Å². The van der Waals surface area contributed by atoms with Crippen LogP contribution in [-0.4, -0.2) is 36.8 Å². The molecule has 0 bridgehead atoms. The number of halogens is 2. The van der Waals surface area contributed by atoms with E-state index < -0.39 is 0 Å². The molecule has 0 fully saturated rings. The molecule has 0 unspecified atom stereocenters. The normalized spacial score (nSPS) is 10.9. The Balaban J connectivity index is 0.00000300. The third kappa shape index (κ3) is 6.90. The monoisotopic (exact) mass is 527 g/mol. The molecule has 0 aliphatic rings. The Kier molecular flexibility index (Phi) is 9.20. The van der Waals surface area contributed by atoms with E-state index >= 15 is 0 Å². The van der Waals surface area contributed by atoms with E-state index in [1.807, 2.05) is 36.4 Å². The first-order chi connectivity index (χ1) is 13.7. The van der Waals surface area contributed by atoms with Crippen LogP contribution in [0.15, 0.2) is 58.0 Å². The van der Waals surface area contributed by atoms with Crippen LogP contribution >= 0.6 is 35.6 Å². The summed E-state index contributed by atoms with van der Waals surface area (Å²) in [4.78, 5) is 8.63. The third-order valence-corrected chi connectivity index (χ3v) is 4.30. The first kappa shape index (κ1) is 23.0. The van der Waals surface area contributed by atoms with Crippen LogP contribution in [0.2, 0.25) is 5.02 Å². The maximum absolute atomic E-state index is 5.90. The molecular formula is C20H23ClIN5O2. The van der Waals surface area contributed by atoms with Gasteiger partial charge in [0, 0.05) is 37.1 Å². The number of nitrogens with one attached hydrogen (secondary N) is 2. The van der Waals surface area contributed by atoms with E-state index in [2.05, 4.69) is 25.8 Å². The van der Waals surface area contributed by atoms with Crippen LogP contribution in [0.4, 0.5) is 0 Å². The summed E-state index contributed by atoms with van der Waals surface area (Å²) in [6.45, 7) is 1.27. The minimum atomic E-state index is 0. The van der Waals surface area contributed by atoms with Crippen molar-refractivity contribution in [3.8, 4) is 17.1 Å². The number of benzene rings is 2. The summed E-state index contributed by atoms with van der Waals surface area (Å²) < 4.78 is 10.5. The van der Waals surface area contributed by atoms with Crippen molar-refractivity contribution in [3.05, 3.63) is 65.0 Å². The summed E-state index contributed by atoms with van der Waals surface area (Å²) in [7, 11) is 3.38. The van der Waals surface area contributed by atoms with Crippen molar-refractivity contribution in [2.75, 3.05) is 20.7 Å². The highest BCUT2D eigenvalue weighted by Crippen LogP contribution is 2.18. The fourth-order valence-electron chi connectivity index (χ4n) is 2.51. The van der Waals surface area contributed by atoms with Gasteiger partial charge in [0.1, 0.15) is 5.75 Å². The van der Waals surface area contributed by atoms with E-state index in [1.165, 1.54) is 0 Å². The molecule has 154 valence electrons. The van der Waals surface area contributed by atoms with Crippen LogP contribution in [0.25, 0.3) is 11.4 Å². The maximum atomic E-state index is 5.90. The lowest BCUT2D eigenvalue weighted by atomic mass is 10.2. The van der Waals surface area contributed by atoms with Gasteiger partial charge in [-0.05, 0) is 42.0 Å². The Hall–Kier alpha value is -2.33. The number of aliphatic imine (C=N–C) groups is 1. The standard InChI is InChI=1S/C20H22ClN5O2.HI/c1-22-20(24-13-14-3-9-17(27-2)10-4-14)23-12-11-18-25-19(26-28-18)15-5-7-16(21)8-6-15;/h3-10H,11-13H2,1-2H3,(H2,22,23,24);1H. The van der Waals surface area contributed by atoms with Crippen molar-refractivity contribution in [1.29, 1.82) is 0 Å². The summed E-state index contributed by atoms with van der Waals surface area (Å²) >= 11 is 5.90. The Labute approximate surface area is 191 Å². The second kappa shape index (κ2) is 11.6. The highest BCUT2D eigenvalue weighted by molar-refractivity contribution is 14.0. The van der Waals surface area contributed by atoms with E-state index in [0.717, 1.165) is 16.9 Å². The van der Waals surface area contributed by atoms with E-state index in [4.69, 9.17) is 20.9 Å². The number of guanidine groups is 1. The van der Waals surface area contributed by atoms with Crippen LogP contribution in [-0.2, 0) is 13.0 Å². The molecule has 1 heterocycles. The molecule has 3 rings (SSSR count).